The molecule has 2 aromatic rings. The average Bonchev–Trinajstić information content (AvgIpc) is 2.62. The number of hydrogen-bond acceptors (Lipinski definition) is 3. The van der Waals surface area contributed by atoms with E-state index in [-0.39, 0.29) is 11.3 Å². The monoisotopic (exact) mass is 369 g/mol. The number of halogens is 1. The molecule has 4 nitrogen and oxygen atoms in total. The molecule has 3 rings (SSSR count). The molecule has 1 aromatic heterocycles. The lowest BCUT2D eigenvalue weighted by Crippen LogP contribution is -2.32. The first-order chi connectivity index (χ1) is 12.3. The van der Waals surface area contributed by atoms with Crippen LogP contribution in [0.2, 0.25) is 5.02 Å². The molecule has 0 bridgehead atoms. The number of amides is 1. The highest BCUT2D eigenvalue weighted by Crippen LogP contribution is 2.27. The van der Waals surface area contributed by atoms with Crippen molar-refractivity contribution in [3.63, 3.8) is 0 Å². The van der Waals surface area contributed by atoms with E-state index in [4.69, 9.17) is 11.6 Å². The number of aromatic nitrogens is 1. The summed E-state index contributed by atoms with van der Waals surface area (Å²) < 4.78 is 0. The van der Waals surface area contributed by atoms with E-state index in [9.17, 15) is 4.79 Å². The topological polar surface area (TPSA) is 45.2 Å². The lowest BCUT2D eigenvalue weighted by atomic mass is 9.87. The predicted molar refractivity (Wildman–Crippen MR) is 108 cm³/mol. The van der Waals surface area contributed by atoms with Gasteiger partial charge in [-0.2, -0.15) is 0 Å². The van der Waals surface area contributed by atoms with Crippen molar-refractivity contribution < 1.29 is 4.79 Å². The number of pyridine rings is 1. The van der Waals surface area contributed by atoms with E-state index < -0.39 is 0 Å². The molecule has 0 radical (unpaired) electrons. The minimum absolute atomic E-state index is 0.0390. The summed E-state index contributed by atoms with van der Waals surface area (Å²) in [6, 6.07) is 11.7. The molecule has 0 atom stereocenters. The molecule has 0 unspecified atom stereocenters. The molecule has 0 saturated carbocycles. The van der Waals surface area contributed by atoms with Gasteiger partial charge in [-0.3, -0.25) is 4.79 Å². The Labute approximate surface area is 159 Å². The van der Waals surface area contributed by atoms with Gasteiger partial charge in [-0.15, -0.1) is 0 Å². The SMILES string of the molecule is CC(C)(C)c1cccc(NC(=O)C2=CCN(c3ncccc3Cl)CC2)c1. The van der Waals surface area contributed by atoms with Gasteiger partial charge in [-0.25, -0.2) is 4.98 Å². The Morgan fingerprint density at radius 2 is 2.04 bits per heavy atom. The number of carbonyl (C=O) groups is 1. The molecule has 0 spiro atoms. The summed E-state index contributed by atoms with van der Waals surface area (Å²) in [4.78, 5) is 19.0. The van der Waals surface area contributed by atoms with Gasteiger partial charge in [0.05, 0.1) is 5.02 Å². The molecule has 0 fully saturated rings. The summed E-state index contributed by atoms with van der Waals surface area (Å²) >= 11 is 6.21. The predicted octanol–water partition coefficient (Wildman–Crippen LogP) is 4.81. The molecule has 26 heavy (non-hydrogen) atoms. The maximum atomic E-state index is 12.6. The van der Waals surface area contributed by atoms with Crippen LogP contribution in [0.25, 0.3) is 0 Å². The molecule has 2 heterocycles. The van der Waals surface area contributed by atoms with Gasteiger partial charge in [-0.1, -0.05) is 50.6 Å². The summed E-state index contributed by atoms with van der Waals surface area (Å²) in [5.41, 5.74) is 2.88. The van der Waals surface area contributed by atoms with Crippen LogP contribution in [-0.2, 0) is 10.2 Å². The van der Waals surface area contributed by atoms with E-state index in [0.717, 1.165) is 23.6 Å². The van der Waals surface area contributed by atoms with Crippen LogP contribution in [0.4, 0.5) is 11.5 Å². The van der Waals surface area contributed by atoms with Gasteiger partial charge in [-0.05, 0) is 41.7 Å². The van der Waals surface area contributed by atoms with Crippen molar-refractivity contribution in [3.05, 3.63) is 64.8 Å². The number of carbonyl (C=O) groups excluding carboxylic acids is 1. The molecule has 136 valence electrons. The highest BCUT2D eigenvalue weighted by Gasteiger charge is 2.20. The molecule has 1 aliphatic rings. The third-order valence-electron chi connectivity index (χ3n) is 4.53. The van der Waals surface area contributed by atoms with E-state index in [1.54, 1.807) is 6.20 Å². The fourth-order valence-electron chi connectivity index (χ4n) is 2.95. The van der Waals surface area contributed by atoms with E-state index in [2.05, 4.69) is 42.0 Å². The zero-order valence-corrected chi connectivity index (χ0v) is 16.2. The summed E-state index contributed by atoms with van der Waals surface area (Å²) in [6.07, 6.45) is 4.35. The molecule has 1 amide bonds. The zero-order chi connectivity index (χ0) is 18.7. The van der Waals surface area contributed by atoms with Crippen LogP contribution in [0, 0.1) is 0 Å². The van der Waals surface area contributed by atoms with Gasteiger partial charge >= 0.3 is 0 Å². The molecule has 1 aromatic carbocycles. The fourth-order valence-corrected chi connectivity index (χ4v) is 3.19. The van der Waals surface area contributed by atoms with Crippen molar-refractivity contribution in [1.82, 2.24) is 4.98 Å². The smallest absolute Gasteiger partial charge is 0.251 e. The van der Waals surface area contributed by atoms with Crippen molar-refractivity contribution >= 4 is 29.0 Å². The molecule has 5 heteroatoms. The summed E-state index contributed by atoms with van der Waals surface area (Å²) in [7, 11) is 0. The van der Waals surface area contributed by atoms with Crippen LogP contribution in [0.3, 0.4) is 0 Å². The number of hydrogen-bond donors (Lipinski definition) is 1. The van der Waals surface area contributed by atoms with Gasteiger partial charge in [0.25, 0.3) is 5.91 Å². The maximum Gasteiger partial charge on any atom is 0.251 e. The summed E-state index contributed by atoms with van der Waals surface area (Å²) in [5, 5.41) is 3.65. The highest BCUT2D eigenvalue weighted by molar-refractivity contribution is 6.32. The molecule has 0 aliphatic carbocycles. The Balaban J connectivity index is 1.68. The Bertz CT molecular complexity index is 839. The normalized spacial score (nSPS) is 14.8. The van der Waals surface area contributed by atoms with Crippen molar-refractivity contribution in [2.75, 3.05) is 23.3 Å². The number of anilines is 2. The number of nitrogens with zero attached hydrogens (tertiary/aromatic N) is 2. The Morgan fingerprint density at radius 3 is 2.69 bits per heavy atom. The Morgan fingerprint density at radius 1 is 1.23 bits per heavy atom. The first kappa shape index (κ1) is 18.5. The van der Waals surface area contributed by atoms with Gasteiger partial charge in [0.15, 0.2) is 0 Å². The summed E-state index contributed by atoms with van der Waals surface area (Å²) in [6.45, 7) is 7.83. The van der Waals surface area contributed by atoms with Gasteiger partial charge in [0, 0.05) is 30.5 Å². The maximum absolute atomic E-state index is 12.6. The standard InChI is InChI=1S/C21H24ClN3O/c1-21(2,3)16-6-4-7-17(14-16)24-20(26)15-9-12-25(13-10-15)19-18(22)8-5-11-23-19/h4-9,11,14H,10,12-13H2,1-3H3,(H,24,26). The van der Waals surface area contributed by atoms with E-state index >= 15 is 0 Å². The van der Waals surface area contributed by atoms with Gasteiger partial charge in [0.1, 0.15) is 5.82 Å². The Kier molecular flexibility index (Phi) is 5.33. The second-order valence-corrected chi connectivity index (χ2v) is 7.93. The van der Waals surface area contributed by atoms with Crippen LogP contribution in [-0.4, -0.2) is 24.0 Å². The number of nitrogens with one attached hydrogen (secondary N) is 1. The second-order valence-electron chi connectivity index (χ2n) is 7.52. The number of rotatable bonds is 3. The minimum atomic E-state index is -0.0390. The molecular formula is C21H24ClN3O. The van der Waals surface area contributed by atoms with Gasteiger partial charge in [0.2, 0.25) is 0 Å². The quantitative estimate of drug-likeness (QED) is 0.844. The lowest BCUT2D eigenvalue weighted by Gasteiger charge is -2.27. The van der Waals surface area contributed by atoms with Crippen molar-refractivity contribution in [3.8, 4) is 0 Å². The van der Waals surface area contributed by atoms with Crippen LogP contribution in [0.1, 0.15) is 32.8 Å². The zero-order valence-electron chi connectivity index (χ0n) is 15.4. The second kappa shape index (κ2) is 7.50. The van der Waals surface area contributed by atoms with Crippen LogP contribution >= 0.6 is 11.6 Å². The number of benzene rings is 1. The molecular weight excluding hydrogens is 346 g/mol. The average molecular weight is 370 g/mol. The first-order valence-corrected chi connectivity index (χ1v) is 9.19. The van der Waals surface area contributed by atoms with Crippen LogP contribution in [0.15, 0.2) is 54.2 Å². The van der Waals surface area contributed by atoms with Crippen molar-refractivity contribution in [2.24, 2.45) is 0 Å². The lowest BCUT2D eigenvalue weighted by molar-refractivity contribution is -0.113. The van der Waals surface area contributed by atoms with Gasteiger partial charge < -0.3 is 10.2 Å². The fraction of sp³-hybridized carbons (Fsp3) is 0.333. The van der Waals surface area contributed by atoms with E-state index in [1.165, 1.54) is 5.56 Å². The first-order valence-electron chi connectivity index (χ1n) is 8.81. The van der Waals surface area contributed by atoms with E-state index in [1.807, 2.05) is 36.4 Å². The van der Waals surface area contributed by atoms with Crippen molar-refractivity contribution in [1.29, 1.82) is 0 Å². The molecule has 1 N–H and O–H groups in total. The van der Waals surface area contributed by atoms with Crippen LogP contribution < -0.4 is 10.2 Å². The van der Waals surface area contributed by atoms with E-state index in [0.29, 0.717) is 18.0 Å². The Hall–Kier alpha value is -2.33. The minimum Gasteiger partial charge on any atom is -0.351 e. The third-order valence-corrected chi connectivity index (χ3v) is 4.82. The highest BCUT2D eigenvalue weighted by atomic mass is 35.5. The van der Waals surface area contributed by atoms with Crippen LogP contribution in [0.5, 0.6) is 0 Å². The third kappa shape index (κ3) is 4.25. The van der Waals surface area contributed by atoms with Crippen molar-refractivity contribution in [2.45, 2.75) is 32.6 Å². The molecule has 1 aliphatic heterocycles. The largest absolute Gasteiger partial charge is 0.351 e. The molecule has 0 saturated heterocycles. The summed E-state index contributed by atoms with van der Waals surface area (Å²) in [5.74, 6) is 0.727.